The highest BCUT2D eigenvalue weighted by Gasteiger charge is 2.09. The molecule has 0 radical (unpaired) electrons. The standard InChI is InChI=1S/C17H26O3/c1-3-4-5-6-7-8-9-10-14-11-15(13-18)17(19)16(12-14)20-2/h11-13,19H,3-10H2,1-2H3. The van der Waals surface area contributed by atoms with Crippen molar-refractivity contribution in [2.75, 3.05) is 7.11 Å². The molecule has 0 atom stereocenters. The van der Waals surface area contributed by atoms with Gasteiger partial charge in [0, 0.05) is 0 Å². The Morgan fingerprint density at radius 1 is 1.10 bits per heavy atom. The van der Waals surface area contributed by atoms with Crippen molar-refractivity contribution in [1.82, 2.24) is 0 Å². The maximum atomic E-state index is 10.9. The van der Waals surface area contributed by atoms with Gasteiger partial charge in [0.25, 0.3) is 0 Å². The van der Waals surface area contributed by atoms with Crippen LogP contribution in [0.3, 0.4) is 0 Å². The number of hydrogen-bond donors (Lipinski definition) is 1. The van der Waals surface area contributed by atoms with E-state index in [0.717, 1.165) is 18.4 Å². The van der Waals surface area contributed by atoms with Gasteiger partial charge in [-0.25, -0.2) is 0 Å². The molecule has 0 aromatic heterocycles. The van der Waals surface area contributed by atoms with E-state index in [0.29, 0.717) is 17.6 Å². The monoisotopic (exact) mass is 278 g/mol. The number of aromatic hydroxyl groups is 1. The van der Waals surface area contributed by atoms with Gasteiger partial charge in [-0.3, -0.25) is 4.79 Å². The predicted molar refractivity (Wildman–Crippen MR) is 81.7 cm³/mol. The highest BCUT2D eigenvalue weighted by atomic mass is 16.5. The molecule has 1 rings (SSSR count). The molecule has 1 aromatic carbocycles. The Labute approximate surface area is 122 Å². The molecule has 112 valence electrons. The minimum absolute atomic E-state index is 0.0641. The molecule has 0 fully saturated rings. The molecule has 0 aliphatic rings. The number of methoxy groups -OCH3 is 1. The summed E-state index contributed by atoms with van der Waals surface area (Å²) >= 11 is 0. The van der Waals surface area contributed by atoms with Crippen molar-refractivity contribution in [3.63, 3.8) is 0 Å². The molecule has 0 saturated carbocycles. The van der Waals surface area contributed by atoms with Crippen LogP contribution in [0.1, 0.15) is 67.8 Å². The first-order valence-corrected chi connectivity index (χ1v) is 7.58. The zero-order valence-electron chi connectivity index (χ0n) is 12.7. The van der Waals surface area contributed by atoms with Crippen LogP contribution in [0.15, 0.2) is 12.1 Å². The van der Waals surface area contributed by atoms with E-state index in [1.54, 1.807) is 6.07 Å². The summed E-state index contributed by atoms with van der Waals surface area (Å²) in [7, 11) is 1.50. The maximum absolute atomic E-state index is 10.9. The van der Waals surface area contributed by atoms with Crippen LogP contribution in [0.2, 0.25) is 0 Å². The molecule has 0 amide bonds. The van der Waals surface area contributed by atoms with Crippen molar-refractivity contribution >= 4 is 6.29 Å². The Hall–Kier alpha value is -1.51. The maximum Gasteiger partial charge on any atom is 0.168 e. The summed E-state index contributed by atoms with van der Waals surface area (Å²) in [4.78, 5) is 10.9. The second-order valence-corrected chi connectivity index (χ2v) is 5.23. The van der Waals surface area contributed by atoms with Gasteiger partial charge in [-0.15, -0.1) is 0 Å². The number of benzene rings is 1. The number of hydrogen-bond acceptors (Lipinski definition) is 3. The van der Waals surface area contributed by atoms with Crippen LogP contribution in [-0.4, -0.2) is 18.5 Å². The van der Waals surface area contributed by atoms with Gasteiger partial charge in [0.2, 0.25) is 0 Å². The molecule has 1 N–H and O–H groups in total. The number of phenolic OH excluding ortho intramolecular Hbond substituents is 1. The Kier molecular flexibility index (Phi) is 7.78. The minimum atomic E-state index is -0.0641. The number of carbonyl (C=O) groups is 1. The Balaban J connectivity index is 2.42. The molecule has 0 unspecified atom stereocenters. The molecule has 20 heavy (non-hydrogen) atoms. The van der Waals surface area contributed by atoms with Gasteiger partial charge in [-0.05, 0) is 30.5 Å². The molecule has 1 aromatic rings. The third-order valence-corrected chi connectivity index (χ3v) is 3.58. The quantitative estimate of drug-likeness (QED) is 0.506. The average Bonchev–Trinajstić information content (AvgIpc) is 2.47. The van der Waals surface area contributed by atoms with Gasteiger partial charge in [0.15, 0.2) is 17.8 Å². The smallest absolute Gasteiger partial charge is 0.168 e. The van der Waals surface area contributed by atoms with Crippen LogP contribution >= 0.6 is 0 Å². The van der Waals surface area contributed by atoms with Gasteiger partial charge < -0.3 is 9.84 Å². The molecule has 0 saturated heterocycles. The van der Waals surface area contributed by atoms with Crippen molar-refractivity contribution in [2.24, 2.45) is 0 Å². The van der Waals surface area contributed by atoms with Crippen LogP contribution in [0, 0.1) is 0 Å². The van der Waals surface area contributed by atoms with Gasteiger partial charge in [-0.2, -0.15) is 0 Å². The summed E-state index contributed by atoms with van der Waals surface area (Å²) in [6.07, 6.45) is 10.4. The number of ether oxygens (including phenoxy) is 1. The van der Waals surface area contributed by atoms with Crippen LogP contribution < -0.4 is 4.74 Å². The van der Waals surface area contributed by atoms with Crippen LogP contribution in [-0.2, 0) is 6.42 Å². The van der Waals surface area contributed by atoms with Crippen LogP contribution in [0.5, 0.6) is 11.5 Å². The molecular formula is C17H26O3. The Morgan fingerprint density at radius 2 is 1.75 bits per heavy atom. The van der Waals surface area contributed by atoms with E-state index >= 15 is 0 Å². The van der Waals surface area contributed by atoms with E-state index in [4.69, 9.17) is 4.74 Å². The number of unbranched alkanes of at least 4 members (excludes halogenated alkanes) is 6. The van der Waals surface area contributed by atoms with Crippen molar-refractivity contribution < 1.29 is 14.6 Å². The van der Waals surface area contributed by atoms with Gasteiger partial charge in [0.1, 0.15) is 0 Å². The van der Waals surface area contributed by atoms with Crippen LogP contribution in [0.4, 0.5) is 0 Å². The van der Waals surface area contributed by atoms with Gasteiger partial charge in [-0.1, -0.05) is 45.4 Å². The van der Waals surface area contributed by atoms with Crippen molar-refractivity contribution in [1.29, 1.82) is 0 Å². The molecule has 3 heteroatoms. The lowest BCUT2D eigenvalue weighted by Crippen LogP contribution is -1.94. The lowest BCUT2D eigenvalue weighted by molar-refractivity contribution is 0.112. The molecular weight excluding hydrogens is 252 g/mol. The van der Waals surface area contributed by atoms with E-state index in [2.05, 4.69) is 6.92 Å². The van der Waals surface area contributed by atoms with E-state index < -0.39 is 0 Å². The fourth-order valence-electron chi connectivity index (χ4n) is 2.36. The summed E-state index contributed by atoms with van der Waals surface area (Å²) in [6.45, 7) is 2.23. The summed E-state index contributed by atoms with van der Waals surface area (Å²) < 4.78 is 5.09. The molecule has 0 spiro atoms. The van der Waals surface area contributed by atoms with Crippen molar-refractivity contribution in [2.45, 2.75) is 58.3 Å². The highest BCUT2D eigenvalue weighted by Crippen LogP contribution is 2.31. The Bertz CT molecular complexity index is 413. The third-order valence-electron chi connectivity index (χ3n) is 3.58. The summed E-state index contributed by atoms with van der Waals surface area (Å²) in [5.74, 6) is 0.318. The summed E-state index contributed by atoms with van der Waals surface area (Å²) in [5, 5.41) is 9.75. The van der Waals surface area contributed by atoms with Crippen molar-refractivity contribution in [3.05, 3.63) is 23.3 Å². The van der Waals surface area contributed by atoms with E-state index in [1.807, 2.05) is 6.07 Å². The number of aryl methyl sites for hydroxylation is 1. The minimum Gasteiger partial charge on any atom is -0.504 e. The fourth-order valence-corrected chi connectivity index (χ4v) is 2.36. The first-order chi connectivity index (χ1) is 9.72. The lowest BCUT2D eigenvalue weighted by Gasteiger charge is -2.09. The fraction of sp³-hybridized carbons (Fsp3) is 0.588. The molecule has 0 aliphatic heterocycles. The van der Waals surface area contributed by atoms with Crippen LogP contribution in [0.25, 0.3) is 0 Å². The zero-order chi connectivity index (χ0) is 14.8. The molecule has 0 heterocycles. The average molecular weight is 278 g/mol. The zero-order valence-corrected chi connectivity index (χ0v) is 12.7. The topological polar surface area (TPSA) is 46.5 Å². The number of phenols is 1. The SMILES string of the molecule is CCCCCCCCCc1cc(C=O)c(O)c(OC)c1. The molecule has 3 nitrogen and oxygen atoms in total. The van der Waals surface area contributed by atoms with E-state index in [1.165, 1.54) is 45.6 Å². The van der Waals surface area contributed by atoms with Gasteiger partial charge in [0.05, 0.1) is 12.7 Å². The largest absolute Gasteiger partial charge is 0.504 e. The number of rotatable bonds is 10. The van der Waals surface area contributed by atoms with Gasteiger partial charge >= 0.3 is 0 Å². The Morgan fingerprint density at radius 3 is 2.35 bits per heavy atom. The first-order valence-electron chi connectivity index (χ1n) is 7.58. The third kappa shape index (κ3) is 5.24. The predicted octanol–water partition coefficient (Wildman–Crippen LogP) is 4.51. The summed E-state index contributed by atoms with van der Waals surface area (Å²) in [6, 6.07) is 3.57. The second-order valence-electron chi connectivity index (χ2n) is 5.23. The number of carbonyl (C=O) groups excluding carboxylic acids is 1. The van der Waals surface area contributed by atoms with E-state index in [9.17, 15) is 9.90 Å². The molecule has 0 bridgehead atoms. The number of aldehydes is 1. The molecule has 0 aliphatic carbocycles. The normalized spacial score (nSPS) is 10.5. The highest BCUT2D eigenvalue weighted by molar-refractivity contribution is 5.81. The van der Waals surface area contributed by atoms with Crippen molar-refractivity contribution in [3.8, 4) is 11.5 Å². The lowest BCUT2D eigenvalue weighted by atomic mass is 10.0. The summed E-state index contributed by atoms with van der Waals surface area (Å²) in [5.41, 5.74) is 1.36. The second kappa shape index (κ2) is 9.40. The van der Waals surface area contributed by atoms with E-state index in [-0.39, 0.29) is 5.75 Å². The first kappa shape index (κ1) is 16.5.